The summed E-state index contributed by atoms with van der Waals surface area (Å²) in [6.07, 6.45) is 0. The topological polar surface area (TPSA) is 92.4 Å². The van der Waals surface area contributed by atoms with Crippen molar-refractivity contribution in [2.75, 3.05) is 11.5 Å². The highest BCUT2D eigenvalue weighted by Gasteiger charge is 2.14. The largest absolute Gasteiger partial charge is 0.480 e. The van der Waals surface area contributed by atoms with Crippen LogP contribution in [-0.4, -0.2) is 40.6 Å². The van der Waals surface area contributed by atoms with Crippen LogP contribution in [0.3, 0.4) is 0 Å². The zero-order chi connectivity index (χ0) is 12.7. The van der Waals surface area contributed by atoms with E-state index in [1.807, 2.05) is 20.8 Å². The molecular formula is C10H20N2O3S. The standard InChI is InChI=1S/C10H20N2O3S/c1-6(2)7(3)12-9(13)5-16-4-8(11)10(14)15/h6-8H,4-5,11H2,1-3H3,(H,12,13)(H,14,15)/t7?,8-/m1/s1. The van der Waals surface area contributed by atoms with Crippen LogP contribution in [0.4, 0.5) is 0 Å². The van der Waals surface area contributed by atoms with E-state index in [1.165, 1.54) is 11.8 Å². The number of carboxylic acids is 1. The van der Waals surface area contributed by atoms with Gasteiger partial charge in [0.15, 0.2) is 0 Å². The van der Waals surface area contributed by atoms with Gasteiger partial charge in [0, 0.05) is 11.8 Å². The van der Waals surface area contributed by atoms with E-state index in [1.54, 1.807) is 0 Å². The second-order valence-electron chi connectivity index (χ2n) is 4.06. The maximum Gasteiger partial charge on any atom is 0.321 e. The van der Waals surface area contributed by atoms with Gasteiger partial charge < -0.3 is 16.2 Å². The van der Waals surface area contributed by atoms with Gasteiger partial charge >= 0.3 is 5.97 Å². The van der Waals surface area contributed by atoms with E-state index in [4.69, 9.17) is 10.8 Å². The van der Waals surface area contributed by atoms with Crippen LogP contribution in [0.5, 0.6) is 0 Å². The first-order valence-electron chi connectivity index (χ1n) is 5.20. The number of aliphatic carboxylic acids is 1. The minimum atomic E-state index is -1.04. The van der Waals surface area contributed by atoms with Crippen LogP contribution in [0.15, 0.2) is 0 Å². The van der Waals surface area contributed by atoms with Crippen molar-refractivity contribution < 1.29 is 14.7 Å². The molecule has 6 heteroatoms. The number of hydrogen-bond donors (Lipinski definition) is 3. The van der Waals surface area contributed by atoms with Gasteiger partial charge in [0.2, 0.25) is 5.91 Å². The molecule has 0 bridgehead atoms. The van der Waals surface area contributed by atoms with E-state index < -0.39 is 12.0 Å². The van der Waals surface area contributed by atoms with Crippen LogP contribution in [0.2, 0.25) is 0 Å². The molecule has 1 unspecified atom stereocenters. The fourth-order valence-corrected chi connectivity index (χ4v) is 1.60. The highest BCUT2D eigenvalue weighted by molar-refractivity contribution is 8.00. The van der Waals surface area contributed by atoms with E-state index in [0.717, 1.165) is 0 Å². The third-order valence-electron chi connectivity index (χ3n) is 2.24. The minimum absolute atomic E-state index is 0.0798. The van der Waals surface area contributed by atoms with E-state index in [9.17, 15) is 9.59 Å². The Morgan fingerprint density at radius 1 is 1.38 bits per heavy atom. The Morgan fingerprint density at radius 2 is 1.94 bits per heavy atom. The van der Waals surface area contributed by atoms with Crippen LogP contribution in [-0.2, 0) is 9.59 Å². The molecule has 0 aromatic carbocycles. The van der Waals surface area contributed by atoms with Gasteiger partial charge in [0.05, 0.1) is 5.75 Å². The Hall–Kier alpha value is -0.750. The summed E-state index contributed by atoms with van der Waals surface area (Å²) in [5.41, 5.74) is 5.30. The molecule has 0 fully saturated rings. The molecule has 0 heterocycles. The predicted octanol–water partition coefficient (Wildman–Crippen LogP) is 0.292. The number of hydrogen-bond acceptors (Lipinski definition) is 4. The number of carbonyl (C=O) groups is 2. The first-order chi connectivity index (χ1) is 7.34. The van der Waals surface area contributed by atoms with Crippen molar-refractivity contribution in [2.24, 2.45) is 11.7 Å². The lowest BCUT2D eigenvalue weighted by Crippen LogP contribution is -2.38. The van der Waals surface area contributed by atoms with Gasteiger partial charge in [-0.15, -0.1) is 11.8 Å². The summed E-state index contributed by atoms with van der Waals surface area (Å²) in [5.74, 6) is -0.237. The van der Waals surface area contributed by atoms with Gasteiger partial charge in [-0.2, -0.15) is 0 Å². The molecule has 0 aromatic rings. The molecule has 0 rings (SSSR count). The fourth-order valence-electron chi connectivity index (χ4n) is 0.812. The summed E-state index contributed by atoms with van der Waals surface area (Å²) in [7, 11) is 0. The van der Waals surface area contributed by atoms with Gasteiger partial charge in [-0.1, -0.05) is 13.8 Å². The summed E-state index contributed by atoms with van der Waals surface area (Å²) in [6.45, 7) is 5.99. The van der Waals surface area contributed by atoms with E-state index in [-0.39, 0.29) is 23.5 Å². The van der Waals surface area contributed by atoms with Gasteiger partial charge in [-0.05, 0) is 12.8 Å². The Balaban J connectivity index is 3.70. The average Bonchev–Trinajstić information content (AvgIpc) is 2.16. The van der Waals surface area contributed by atoms with Crippen LogP contribution < -0.4 is 11.1 Å². The number of thioether (sulfide) groups is 1. The van der Waals surface area contributed by atoms with Crippen LogP contribution in [0.25, 0.3) is 0 Å². The van der Waals surface area contributed by atoms with Crippen molar-refractivity contribution in [3.8, 4) is 0 Å². The molecule has 4 N–H and O–H groups in total. The molecule has 1 amide bonds. The zero-order valence-electron chi connectivity index (χ0n) is 9.90. The van der Waals surface area contributed by atoms with Crippen molar-refractivity contribution >= 4 is 23.6 Å². The molecule has 0 saturated carbocycles. The fraction of sp³-hybridized carbons (Fsp3) is 0.800. The van der Waals surface area contributed by atoms with Crippen LogP contribution in [0, 0.1) is 5.92 Å². The summed E-state index contributed by atoms with van der Waals surface area (Å²) < 4.78 is 0. The zero-order valence-corrected chi connectivity index (χ0v) is 10.7. The van der Waals surface area contributed by atoms with E-state index in [2.05, 4.69) is 5.32 Å². The third kappa shape index (κ3) is 6.68. The number of carboxylic acid groups (broad SMARTS) is 1. The quantitative estimate of drug-likeness (QED) is 0.602. The van der Waals surface area contributed by atoms with Gasteiger partial charge in [-0.25, -0.2) is 0 Å². The number of nitrogens with two attached hydrogens (primary N) is 1. The molecule has 2 atom stereocenters. The minimum Gasteiger partial charge on any atom is -0.480 e. The van der Waals surface area contributed by atoms with E-state index in [0.29, 0.717) is 5.92 Å². The lowest BCUT2D eigenvalue weighted by atomic mass is 10.1. The molecule has 0 aromatic heterocycles. The lowest BCUT2D eigenvalue weighted by Gasteiger charge is -2.17. The Labute approximate surface area is 100 Å². The summed E-state index contributed by atoms with van der Waals surface area (Å²) in [5, 5.41) is 11.4. The second-order valence-corrected chi connectivity index (χ2v) is 5.09. The second kappa shape index (κ2) is 7.51. The van der Waals surface area contributed by atoms with Crippen molar-refractivity contribution in [3.05, 3.63) is 0 Å². The monoisotopic (exact) mass is 248 g/mol. The summed E-state index contributed by atoms with van der Waals surface area (Å²) >= 11 is 1.23. The smallest absolute Gasteiger partial charge is 0.321 e. The molecule has 0 radical (unpaired) electrons. The SMILES string of the molecule is CC(C)C(C)NC(=O)CSC[C@@H](N)C(=O)O. The van der Waals surface area contributed by atoms with E-state index >= 15 is 0 Å². The molecule has 94 valence electrons. The third-order valence-corrected chi connectivity index (χ3v) is 3.30. The first kappa shape index (κ1) is 15.2. The maximum atomic E-state index is 11.4. The molecule has 0 saturated heterocycles. The van der Waals surface area contributed by atoms with Crippen molar-refractivity contribution in [3.63, 3.8) is 0 Å². The molecule has 0 aliphatic carbocycles. The molecule has 5 nitrogen and oxygen atoms in total. The molecule has 0 spiro atoms. The molecule has 0 aliphatic rings. The maximum absolute atomic E-state index is 11.4. The predicted molar refractivity (Wildman–Crippen MR) is 65.4 cm³/mol. The normalized spacial score (nSPS) is 14.6. The Kier molecular flexibility index (Phi) is 7.16. The molecule has 0 aliphatic heterocycles. The van der Waals surface area contributed by atoms with Gasteiger partial charge in [-0.3, -0.25) is 9.59 Å². The number of amides is 1. The molecule has 16 heavy (non-hydrogen) atoms. The van der Waals surface area contributed by atoms with Gasteiger partial charge in [0.1, 0.15) is 6.04 Å². The number of nitrogens with one attached hydrogen (secondary N) is 1. The van der Waals surface area contributed by atoms with Crippen molar-refractivity contribution in [1.29, 1.82) is 0 Å². The highest BCUT2D eigenvalue weighted by atomic mass is 32.2. The summed E-state index contributed by atoms with van der Waals surface area (Å²) in [4.78, 5) is 21.8. The Morgan fingerprint density at radius 3 is 2.38 bits per heavy atom. The average molecular weight is 248 g/mol. The first-order valence-corrected chi connectivity index (χ1v) is 6.35. The van der Waals surface area contributed by atoms with Gasteiger partial charge in [0.25, 0.3) is 0 Å². The van der Waals surface area contributed by atoms with Crippen LogP contribution in [0.1, 0.15) is 20.8 Å². The van der Waals surface area contributed by atoms with Crippen molar-refractivity contribution in [1.82, 2.24) is 5.32 Å². The highest BCUT2D eigenvalue weighted by Crippen LogP contribution is 2.04. The van der Waals surface area contributed by atoms with Crippen molar-refractivity contribution in [2.45, 2.75) is 32.9 Å². The Bertz CT molecular complexity index is 246. The number of carbonyl (C=O) groups excluding carboxylic acids is 1. The summed E-state index contributed by atoms with van der Waals surface area (Å²) in [6, 6.07) is -0.776. The van der Waals surface area contributed by atoms with Crippen LogP contribution >= 0.6 is 11.8 Å². The lowest BCUT2D eigenvalue weighted by molar-refractivity contribution is -0.138. The number of rotatable bonds is 7. The molecular weight excluding hydrogens is 228 g/mol.